The highest BCUT2D eigenvalue weighted by atomic mass is 35.5. The summed E-state index contributed by atoms with van der Waals surface area (Å²) in [6, 6.07) is 0. The van der Waals surface area contributed by atoms with Gasteiger partial charge in [0.2, 0.25) is 5.91 Å². The molecule has 2 N–H and O–H groups in total. The molecule has 1 amide bonds. The molecule has 1 fully saturated rings. The Hall–Kier alpha value is -0.850. The van der Waals surface area contributed by atoms with E-state index in [0.717, 1.165) is 25.3 Å². The molecule has 1 saturated heterocycles. The van der Waals surface area contributed by atoms with Gasteiger partial charge in [-0.2, -0.15) is 0 Å². The molecule has 0 spiro atoms. The van der Waals surface area contributed by atoms with Crippen LogP contribution in [0.25, 0.3) is 0 Å². The maximum atomic E-state index is 11.8. The van der Waals surface area contributed by atoms with Gasteiger partial charge in [0.15, 0.2) is 0 Å². The van der Waals surface area contributed by atoms with E-state index in [1.165, 1.54) is 24.2 Å². The molecule has 1 atom stereocenters. The van der Waals surface area contributed by atoms with Crippen molar-refractivity contribution in [1.29, 1.82) is 0 Å². The zero-order valence-corrected chi connectivity index (χ0v) is 13.3. The number of carbonyl (C=O) groups excluding carboxylic acids is 1. The smallest absolute Gasteiger partial charge is 0.307 e. The Morgan fingerprint density at radius 1 is 1.60 bits per heavy atom. The Balaban J connectivity index is 0.00000200. The number of nitrogens with one attached hydrogen (secondary N) is 2. The zero-order chi connectivity index (χ0) is 13.7. The molecule has 2 heterocycles. The summed E-state index contributed by atoms with van der Waals surface area (Å²) in [6.07, 6.45) is 2.73. The lowest BCUT2D eigenvalue weighted by atomic mass is 10.00. The van der Waals surface area contributed by atoms with Crippen LogP contribution in [0.3, 0.4) is 0 Å². The highest BCUT2D eigenvalue weighted by molar-refractivity contribution is 7.07. The van der Waals surface area contributed by atoms with E-state index in [2.05, 4.69) is 10.6 Å². The number of piperidine rings is 1. The van der Waals surface area contributed by atoms with Crippen molar-refractivity contribution in [3.05, 3.63) is 20.7 Å². The molecular formula is C13H22ClN3O2S. The first kappa shape index (κ1) is 17.2. The van der Waals surface area contributed by atoms with Gasteiger partial charge in [0.1, 0.15) is 0 Å². The highest BCUT2D eigenvalue weighted by Gasteiger charge is 2.14. The number of halogens is 1. The van der Waals surface area contributed by atoms with Crippen molar-refractivity contribution in [2.45, 2.75) is 32.7 Å². The van der Waals surface area contributed by atoms with E-state index in [1.54, 1.807) is 4.57 Å². The number of nitrogens with zero attached hydrogens (tertiary/aromatic N) is 1. The SMILES string of the molecule is Cc1csc(=O)n1CCC(=O)NCC1CCCNC1.Cl. The fourth-order valence-corrected chi connectivity index (χ4v) is 3.09. The average molecular weight is 320 g/mol. The summed E-state index contributed by atoms with van der Waals surface area (Å²) in [7, 11) is 0. The van der Waals surface area contributed by atoms with Gasteiger partial charge in [-0.3, -0.25) is 9.59 Å². The first-order valence-corrected chi connectivity index (χ1v) is 7.67. The Bertz CT molecular complexity index is 480. The average Bonchev–Trinajstić information content (AvgIpc) is 2.75. The molecule has 20 heavy (non-hydrogen) atoms. The van der Waals surface area contributed by atoms with Crippen molar-refractivity contribution >= 4 is 29.7 Å². The number of thiazole rings is 1. The number of aromatic nitrogens is 1. The molecule has 1 unspecified atom stereocenters. The van der Waals surface area contributed by atoms with E-state index in [9.17, 15) is 9.59 Å². The van der Waals surface area contributed by atoms with Crippen molar-refractivity contribution in [1.82, 2.24) is 15.2 Å². The first-order valence-electron chi connectivity index (χ1n) is 6.79. The predicted molar refractivity (Wildman–Crippen MR) is 83.8 cm³/mol. The second-order valence-corrected chi connectivity index (χ2v) is 5.88. The summed E-state index contributed by atoms with van der Waals surface area (Å²) in [4.78, 5) is 23.3. The van der Waals surface area contributed by atoms with Crippen LogP contribution in [0.15, 0.2) is 10.2 Å². The molecular weight excluding hydrogens is 298 g/mol. The van der Waals surface area contributed by atoms with Crippen LogP contribution < -0.4 is 15.5 Å². The minimum absolute atomic E-state index is 0. The molecule has 0 radical (unpaired) electrons. The predicted octanol–water partition coefficient (Wildman–Crippen LogP) is 1.15. The van der Waals surface area contributed by atoms with Crippen molar-refractivity contribution in [2.75, 3.05) is 19.6 Å². The lowest BCUT2D eigenvalue weighted by Gasteiger charge is -2.22. The largest absolute Gasteiger partial charge is 0.356 e. The summed E-state index contributed by atoms with van der Waals surface area (Å²) in [5.41, 5.74) is 0.930. The van der Waals surface area contributed by atoms with Crippen molar-refractivity contribution < 1.29 is 4.79 Å². The summed E-state index contributed by atoms with van der Waals surface area (Å²) < 4.78 is 1.66. The van der Waals surface area contributed by atoms with Crippen molar-refractivity contribution in [3.63, 3.8) is 0 Å². The minimum atomic E-state index is 0. The van der Waals surface area contributed by atoms with Gasteiger partial charge in [0.05, 0.1) is 0 Å². The third kappa shape index (κ3) is 4.92. The number of hydrogen-bond acceptors (Lipinski definition) is 4. The molecule has 0 bridgehead atoms. The highest BCUT2D eigenvalue weighted by Crippen LogP contribution is 2.08. The molecule has 1 aliphatic rings. The maximum Gasteiger partial charge on any atom is 0.307 e. The van der Waals surface area contributed by atoms with Crippen LogP contribution in [0.1, 0.15) is 25.0 Å². The monoisotopic (exact) mass is 319 g/mol. The number of rotatable bonds is 5. The van der Waals surface area contributed by atoms with Crippen LogP contribution in [0, 0.1) is 12.8 Å². The van der Waals surface area contributed by atoms with Crippen LogP contribution in [-0.4, -0.2) is 30.1 Å². The number of amides is 1. The summed E-state index contributed by atoms with van der Waals surface area (Å²) in [5, 5.41) is 8.12. The molecule has 0 saturated carbocycles. The minimum Gasteiger partial charge on any atom is -0.356 e. The van der Waals surface area contributed by atoms with Gasteiger partial charge in [-0.1, -0.05) is 11.3 Å². The molecule has 7 heteroatoms. The van der Waals surface area contributed by atoms with E-state index >= 15 is 0 Å². The van der Waals surface area contributed by atoms with E-state index in [4.69, 9.17) is 0 Å². The Morgan fingerprint density at radius 3 is 3.00 bits per heavy atom. The molecule has 114 valence electrons. The Kier molecular flexibility index (Phi) is 7.26. The first-order chi connectivity index (χ1) is 9.16. The molecule has 0 aromatic carbocycles. The Labute approximate surface area is 129 Å². The third-order valence-corrected chi connectivity index (χ3v) is 4.41. The van der Waals surface area contributed by atoms with Gasteiger partial charge in [-0.25, -0.2) is 0 Å². The van der Waals surface area contributed by atoms with Crippen LogP contribution >= 0.6 is 23.7 Å². The molecule has 2 rings (SSSR count). The zero-order valence-electron chi connectivity index (χ0n) is 11.7. The number of hydrogen-bond donors (Lipinski definition) is 2. The van der Waals surface area contributed by atoms with E-state index in [-0.39, 0.29) is 23.2 Å². The third-order valence-electron chi connectivity index (χ3n) is 3.53. The quantitative estimate of drug-likeness (QED) is 0.855. The molecule has 1 aromatic heterocycles. The van der Waals surface area contributed by atoms with Gasteiger partial charge < -0.3 is 15.2 Å². The molecule has 5 nitrogen and oxygen atoms in total. The van der Waals surface area contributed by atoms with Gasteiger partial charge in [-0.05, 0) is 38.8 Å². The van der Waals surface area contributed by atoms with Crippen LogP contribution in [0.2, 0.25) is 0 Å². The van der Waals surface area contributed by atoms with Gasteiger partial charge in [0.25, 0.3) is 0 Å². The van der Waals surface area contributed by atoms with Crippen LogP contribution in [0.4, 0.5) is 0 Å². The normalized spacial score (nSPS) is 18.4. The van der Waals surface area contributed by atoms with Crippen LogP contribution in [-0.2, 0) is 11.3 Å². The lowest BCUT2D eigenvalue weighted by Crippen LogP contribution is -2.38. The summed E-state index contributed by atoms with van der Waals surface area (Å²) in [5.74, 6) is 0.575. The fourth-order valence-electron chi connectivity index (χ4n) is 2.33. The van der Waals surface area contributed by atoms with Gasteiger partial charge in [-0.15, -0.1) is 12.4 Å². The van der Waals surface area contributed by atoms with Crippen molar-refractivity contribution in [3.8, 4) is 0 Å². The fraction of sp³-hybridized carbons (Fsp3) is 0.692. The number of carbonyl (C=O) groups is 1. The van der Waals surface area contributed by atoms with Crippen molar-refractivity contribution in [2.24, 2.45) is 5.92 Å². The topological polar surface area (TPSA) is 63.1 Å². The second-order valence-electron chi connectivity index (χ2n) is 5.06. The Morgan fingerprint density at radius 2 is 2.40 bits per heavy atom. The van der Waals surface area contributed by atoms with E-state index < -0.39 is 0 Å². The molecule has 0 aliphatic carbocycles. The standard InChI is InChI=1S/C13H21N3O2S.ClH/c1-10-9-19-13(18)16(10)6-4-12(17)15-8-11-3-2-5-14-7-11;/h9,11,14H,2-8H2,1H3,(H,15,17);1H. The maximum absolute atomic E-state index is 11.8. The molecule has 1 aliphatic heterocycles. The number of aryl methyl sites for hydroxylation is 1. The van der Waals surface area contributed by atoms with Crippen LogP contribution in [0.5, 0.6) is 0 Å². The summed E-state index contributed by atoms with van der Waals surface area (Å²) in [6.45, 7) is 5.18. The lowest BCUT2D eigenvalue weighted by molar-refractivity contribution is -0.121. The van der Waals surface area contributed by atoms with E-state index in [1.807, 2.05) is 12.3 Å². The van der Waals surface area contributed by atoms with Gasteiger partial charge in [0, 0.05) is 30.6 Å². The molecule has 1 aromatic rings. The van der Waals surface area contributed by atoms with Gasteiger partial charge >= 0.3 is 4.87 Å². The summed E-state index contributed by atoms with van der Waals surface area (Å²) >= 11 is 1.19. The van der Waals surface area contributed by atoms with E-state index in [0.29, 0.717) is 18.9 Å². The second kappa shape index (κ2) is 8.44.